The number of epoxide rings is 1. The van der Waals surface area contributed by atoms with Crippen LogP contribution in [0.1, 0.15) is 85.5 Å². The SMILES string of the molecule is CCC1(CCC(C)C2=CCC3C4=CC=C5CC(O)CCC5(C)C4CCC23C)CO1. The van der Waals surface area contributed by atoms with Crippen molar-refractivity contribution < 1.29 is 9.84 Å². The quantitative estimate of drug-likeness (QED) is 0.433. The molecule has 0 aromatic rings. The maximum Gasteiger partial charge on any atom is 0.0914 e. The van der Waals surface area contributed by atoms with Gasteiger partial charge in [0.05, 0.1) is 18.3 Å². The molecule has 2 saturated carbocycles. The largest absolute Gasteiger partial charge is 0.393 e. The van der Waals surface area contributed by atoms with E-state index in [1.165, 1.54) is 37.7 Å². The minimum atomic E-state index is -0.124. The fraction of sp³-hybridized carbons (Fsp3) is 0.778. The molecule has 1 saturated heterocycles. The highest BCUT2D eigenvalue weighted by molar-refractivity contribution is 5.42. The number of ether oxygens (including phenoxy) is 1. The molecule has 1 aliphatic heterocycles. The van der Waals surface area contributed by atoms with Crippen molar-refractivity contribution in [2.24, 2.45) is 28.6 Å². The van der Waals surface area contributed by atoms with Gasteiger partial charge in [-0.3, -0.25) is 0 Å². The Morgan fingerprint density at radius 3 is 2.62 bits per heavy atom. The molecule has 0 aromatic carbocycles. The van der Waals surface area contributed by atoms with E-state index < -0.39 is 0 Å². The van der Waals surface area contributed by atoms with Gasteiger partial charge in [-0.2, -0.15) is 0 Å². The fourth-order valence-electron chi connectivity index (χ4n) is 7.63. The van der Waals surface area contributed by atoms with Crippen molar-refractivity contribution in [1.29, 1.82) is 0 Å². The Hall–Kier alpha value is -0.860. The van der Waals surface area contributed by atoms with Gasteiger partial charge in [-0.05, 0) is 86.4 Å². The third-order valence-corrected chi connectivity index (χ3v) is 9.95. The van der Waals surface area contributed by atoms with E-state index in [1.807, 2.05) is 0 Å². The first-order valence-electron chi connectivity index (χ1n) is 12.2. The molecule has 7 atom stereocenters. The molecule has 0 aromatic heterocycles. The summed E-state index contributed by atoms with van der Waals surface area (Å²) >= 11 is 0. The van der Waals surface area contributed by atoms with Crippen LogP contribution in [0.3, 0.4) is 0 Å². The van der Waals surface area contributed by atoms with Gasteiger partial charge in [0.15, 0.2) is 0 Å². The van der Waals surface area contributed by atoms with Gasteiger partial charge in [0.2, 0.25) is 0 Å². The monoisotopic (exact) mass is 396 g/mol. The molecule has 2 nitrogen and oxygen atoms in total. The molecule has 2 heteroatoms. The smallest absolute Gasteiger partial charge is 0.0914 e. The Labute approximate surface area is 177 Å². The van der Waals surface area contributed by atoms with Gasteiger partial charge in [0, 0.05) is 0 Å². The predicted molar refractivity (Wildman–Crippen MR) is 119 cm³/mol. The molecular formula is C27H40O2. The minimum Gasteiger partial charge on any atom is -0.393 e. The molecule has 0 bridgehead atoms. The zero-order valence-electron chi connectivity index (χ0n) is 19.0. The highest BCUT2D eigenvalue weighted by atomic mass is 16.6. The van der Waals surface area contributed by atoms with Gasteiger partial charge in [-0.1, -0.05) is 62.6 Å². The predicted octanol–water partition coefficient (Wildman–Crippen LogP) is 6.36. The van der Waals surface area contributed by atoms with Crippen LogP contribution in [0.25, 0.3) is 0 Å². The topological polar surface area (TPSA) is 32.8 Å². The van der Waals surface area contributed by atoms with Gasteiger partial charge < -0.3 is 9.84 Å². The average molecular weight is 397 g/mol. The molecule has 1 heterocycles. The molecule has 1 N–H and O–H groups in total. The summed E-state index contributed by atoms with van der Waals surface area (Å²) in [5.41, 5.74) is 5.85. The molecule has 4 aliphatic carbocycles. The molecule has 0 radical (unpaired) electrons. The van der Waals surface area contributed by atoms with Crippen molar-refractivity contribution in [3.63, 3.8) is 0 Å². The summed E-state index contributed by atoms with van der Waals surface area (Å²) in [6.45, 7) is 10.8. The van der Waals surface area contributed by atoms with Crippen LogP contribution in [0, 0.1) is 28.6 Å². The van der Waals surface area contributed by atoms with Crippen molar-refractivity contribution in [3.05, 3.63) is 34.9 Å². The van der Waals surface area contributed by atoms with E-state index in [0.717, 1.165) is 32.3 Å². The second-order valence-corrected chi connectivity index (χ2v) is 11.4. The Morgan fingerprint density at radius 2 is 1.90 bits per heavy atom. The standard InChI is InChI=1S/C27H40O2/c1-5-27(17-29-27)15-10-18(2)22-8-9-23-21-7-6-19-16-20(28)11-13-25(19,3)24(21)12-14-26(22,23)4/h6-8,18,20,23-24,28H,5,9-17H2,1-4H3. The first kappa shape index (κ1) is 20.1. The van der Waals surface area contributed by atoms with Crippen molar-refractivity contribution >= 4 is 0 Å². The van der Waals surface area contributed by atoms with Gasteiger partial charge in [-0.15, -0.1) is 0 Å². The molecule has 7 unspecified atom stereocenters. The van der Waals surface area contributed by atoms with Crippen LogP contribution in [0.2, 0.25) is 0 Å². The molecule has 0 spiro atoms. The van der Waals surface area contributed by atoms with Crippen LogP contribution in [-0.2, 0) is 4.74 Å². The Morgan fingerprint density at radius 1 is 1.14 bits per heavy atom. The van der Waals surface area contributed by atoms with Crippen molar-refractivity contribution in [2.45, 2.75) is 97.2 Å². The van der Waals surface area contributed by atoms with E-state index >= 15 is 0 Å². The molecule has 0 amide bonds. The Bertz CT molecular complexity index is 769. The second-order valence-electron chi connectivity index (χ2n) is 11.4. The minimum absolute atomic E-state index is 0.124. The highest BCUT2D eigenvalue weighted by Gasteiger charge is 2.54. The number of aliphatic hydroxyl groups excluding tert-OH is 1. The van der Waals surface area contributed by atoms with E-state index in [1.54, 1.807) is 11.1 Å². The molecule has 160 valence electrons. The van der Waals surface area contributed by atoms with Crippen LogP contribution in [0.15, 0.2) is 34.9 Å². The van der Waals surface area contributed by atoms with Crippen LogP contribution >= 0.6 is 0 Å². The summed E-state index contributed by atoms with van der Waals surface area (Å²) in [5, 5.41) is 10.2. The summed E-state index contributed by atoms with van der Waals surface area (Å²) in [5.74, 6) is 2.06. The number of aliphatic hydroxyl groups is 1. The lowest BCUT2D eigenvalue weighted by Crippen LogP contribution is -2.45. The number of hydrogen-bond donors (Lipinski definition) is 1. The fourth-order valence-corrected chi connectivity index (χ4v) is 7.63. The maximum atomic E-state index is 10.2. The van der Waals surface area contributed by atoms with Crippen LogP contribution in [0.4, 0.5) is 0 Å². The summed E-state index contributed by atoms with van der Waals surface area (Å²) in [7, 11) is 0. The maximum absolute atomic E-state index is 10.2. The van der Waals surface area contributed by atoms with Crippen LogP contribution < -0.4 is 0 Å². The van der Waals surface area contributed by atoms with E-state index in [0.29, 0.717) is 23.2 Å². The zero-order chi connectivity index (χ0) is 20.4. The average Bonchev–Trinajstić information content (AvgIpc) is 3.40. The van der Waals surface area contributed by atoms with Gasteiger partial charge in [-0.25, -0.2) is 0 Å². The zero-order valence-corrected chi connectivity index (χ0v) is 19.0. The van der Waals surface area contributed by atoms with E-state index in [9.17, 15) is 5.11 Å². The van der Waals surface area contributed by atoms with Crippen molar-refractivity contribution in [2.75, 3.05) is 6.61 Å². The van der Waals surface area contributed by atoms with Gasteiger partial charge in [0.1, 0.15) is 0 Å². The first-order chi connectivity index (χ1) is 13.8. The van der Waals surface area contributed by atoms with E-state index in [-0.39, 0.29) is 17.1 Å². The van der Waals surface area contributed by atoms with Crippen molar-refractivity contribution in [3.8, 4) is 0 Å². The summed E-state index contributed by atoms with van der Waals surface area (Å²) in [4.78, 5) is 0. The van der Waals surface area contributed by atoms with Crippen LogP contribution in [-0.4, -0.2) is 23.4 Å². The molecule has 29 heavy (non-hydrogen) atoms. The normalized spacial score (nSPS) is 46.7. The van der Waals surface area contributed by atoms with Gasteiger partial charge >= 0.3 is 0 Å². The summed E-state index contributed by atoms with van der Waals surface area (Å²) in [6.07, 6.45) is 17.9. The van der Waals surface area contributed by atoms with Gasteiger partial charge in [0.25, 0.3) is 0 Å². The van der Waals surface area contributed by atoms with Crippen molar-refractivity contribution in [1.82, 2.24) is 0 Å². The lowest BCUT2D eigenvalue weighted by molar-refractivity contribution is 0.0614. The Balaban J connectivity index is 1.36. The number of hydrogen-bond acceptors (Lipinski definition) is 2. The molecule has 5 aliphatic rings. The molecule has 3 fully saturated rings. The third kappa shape index (κ3) is 3.04. The third-order valence-electron chi connectivity index (χ3n) is 9.95. The molecule has 5 rings (SSSR count). The highest BCUT2D eigenvalue weighted by Crippen LogP contribution is 2.64. The number of allylic oxidation sites excluding steroid dienone is 5. The molecular weight excluding hydrogens is 356 g/mol. The first-order valence-corrected chi connectivity index (χ1v) is 12.2. The lowest BCUT2D eigenvalue weighted by atomic mass is 9.50. The Kier molecular flexibility index (Phi) is 4.72. The van der Waals surface area contributed by atoms with E-state index in [2.05, 4.69) is 45.9 Å². The lowest BCUT2D eigenvalue weighted by Gasteiger charge is -2.54. The second kappa shape index (κ2) is 6.82. The number of rotatable bonds is 5. The summed E-state index contributed by atoms with van der Waals surface area (Å²) in [6, 6.07) is 0. The van der Waals surface area contributed by atoms with E-state index in [4.69, 9.17) is 4.74 Å². The summed E-state index contributed by atoms with van der Waals surface area (Å²) < 4.78 is 5.78. The number of fused-ring (bicyclic) bond motifs is 5. The van der Waals surface area contributed by atoms with Crippen LogP contribution in [0.5, 0.6) is 0 Å².